The van der Waals surface area contributed by atoms with Crippen LogP contribution >= 0.6 is 23.8 Å². The smallest absolute Gasteiger partial charge is 0.199 e. The molecule has 24 heavy (non-hydrogen) atoms. The second-order valence-corrected chi connectivity index (χ2v) is 5.95. The van der Waals surface area contributed by atoms with Crippen LogP contribution in [0.15, 0.2) is 42.5 Å². The molecule has 1 N–H and O–H groups in total. The van der Waals surface area contributed by atoms with Crippen LogP contribution in [0.5, 0.6) is 11.5 Å². The van der Waals surface area contributed by atoms with Crippen LogP contribution in [0.3, 0.4) is 0 Å². The summed E-state index contributed by atoms with van der Waals surface area (Å²) >= 11 is 11.3. The number of nitrogens with one attached hydrogen (secondary N) is 1. The van der Waals surface area contributed by atoms with Crippen molar-refractivity contribution in [3.63, 3.8) is 0 Å². The summed E-state index contributed by atoms with van der Waals surface area (Å²) in [6, 6.07) is 13.3. The van der Waals surface area contributed by atoms with Crippen molar-refractivity contribution in [2.75, 3.05) is 14.2 Å². The van der Waals surface area contributed by atoms with Gasteiger partial charge in [-0.1, -0.05) is 17.7 Å². The molecule has 0 bridgehead atoms. The minimum Gasteiger partial charge on any atom is -0.493 e. The third-order valence-electron chi connectivity index (χ3n) is 3.64. The number of rotatable bonds is 5. The lowest BCUT2D eigenvalue weighted by molar-refractivity contribution is 0.354. The Balaban J connectivity index is 1.97. The average Bonchev–Trinajstić information content (AvgIpc) is 2.96. The van der Waals surface area contributed by atoms with Crippen LogP contribution in [0.4, 0.5) is 0 Å². The topological polar surface area (TPSA) is 52.1 Å². The van der Waals surface area contributed by atoms with Crippen molar-refractivity contribution in [1.82, 2.24) is 14.8 Å². The minimum atomic E-state index is 0.535. The summed E-state index contributed by atoms with van der Waals surface area (Å²) in [5.41, 5.74) is 1.95. The Bertz CT molecular complexity index is 903. The van der Waals surface area contributed by atoms with Crippen LogP contribution in [0.25, 0.3) is 5.69 Å². The van der Waals surface area contributed by atoms with E-state index in [4.69, 9.17) is 33.3 Å². The molecule has 0 atom stereocenters. The molecule has 0 amide bonds. The number of nitrogens with zero attached hydrogens (tertiary/aromatic N) is 2. The van der Waals surface area contributed by atoms with Crippen molar-refractivity contribution in [2.45, 2.75) is 6.42 Å². The highest BCUT2D eigenvalue weighted by Gasteiger charge is 2.11. The molecule has 1 heterocycles. The zero-order chi connectivity index (χ0) is 17.1. The quantitative estimate of drug-likeness (QED) is 0.692. The Hall–Kier alpha value is -2.31. The molecule has 0 aliphatic rings. The number of benzene rings is 2. The first-order valence-corrected chi connectivity index (χ1v) is 8.04. The van der Waals surface area contributed by atoms with Gasteiger partial charge in [0.05, 0.1) is 14.2 Å². The van der Waals surface area contributed by atoms with Crippen LogP contribution in [0, 0.1) is 4.77 Å². The summed E-state index contributed by atoms with van der Waals surface area (Å²) in [4.78, 5) is 0. The summed E-state index contributed by atoms with van der Waals surface area (Å²) in [6.07, 6.45) is 0.593. The number of aromatic nitrogens is 3. The predicted octanol–water partition coefficient (Wildman–Crippen LogP) is 4.19. The van der Waals surface area contributed by atoms with Gasteiger partial charge in [0.25, 0.3) is 0 Å². The van der Waals surface area contributed by atoms with Gasteiger partial charge in [-0.25, -0.2) is 0 Å². The van der Waals surface area contributed by atoms with Crippen LogP contribution in [-0.4, -0.2) is 29.0 Å². The summed E-state index contributed by atoms with van der Waals surface area (Å²) < 4.78 is 13.0. The fourth-order valence-corrected chi connectivity index (χ4v) is 2.86. The molecule has 0 aliphatic carbocycles. The minimum absolute atomic E-state index is 0.535. The molecule has 124 valence electrons. The Labute approximate surface area is 149 Å². The van der Waals surface area contributed by atoms with Gasteiger partial charge in [0.2, 0.25) is 0 Å². The molecule has 3 rings (SSSR count). The van der Waals surface area contributed by atoms with Gasteiger partial charge in [-0.05, 0) is 54.2 Å². The van der Waals surface area contributed by atoms with E-state index in [2.05, 4.69) is 10.2 Å². The first-order valence-electron chi connectivity index (χ1n) is 7.25. The predicted molar refractivity (Wildman–Crippen MR) is 96.1 cm³/mol. The summed E-state index contributed by atoms with van der Waals surface area (Å²) in [5, 5.41) is 7.87. The van der Waals surface area contributed by atoms with E-state index in [1.807, 2.05) is 47.0 Å². The second kappa shape index (κ2) is 7.07. The van der Waals surface area contributed by atoms with E-state index in [0.29, 0.717) is 27.7 Å². The Morgan fingerprint density at radius 2 is 1.79 bits per heavy atom. The third-order valence-corrected chi connectivity index (χ3v) is 4.16. The number of halogens is 1. The van der Waals surface area contributed by atoms with Gasteiger partial charge in [0.1, 0.15) is 5.82 Å². The largest absolute Gasteiger partial charge is 0.493 e. The maximum Gasteiger partial charge on any atom is 0.199 e. The van der Waals surface area contributed by atoms with Crippen molar-refractivity contribution in [1.29, 1.82) is 0 Å². The van der Waals surface area contributed by atoms with Gasteiger partial charge in [-0.3, -0.25) is 9.67 Å². The number of hydrogen-bond donors (Lipinski definition) is 1. The SMILES string of the molecule is COc1ccc(Cc2n[nH]c(=S)n2-c2ccc(Cl)cc2)cc1OC. The van der Waals surface area contributed by atoms with Crippen LogP contribution in [0.2, 0.25) is 5.02 Å². The molecule has 0 spiro atoms. The maximum absolute atomic E-state index is 5.96. The van der Waals surface area contributed by atoms with E-state index >= 15 is 0 Å². The molecule has 0 fully saturated rings. The monoisotopic (exact) mass is 361 g/mol. The highest BCUT2D eigenvalue weighted by Crippen LogP contribution is 2.28. The number of ether oxygens (including phenoxy) is 2. The van der Waals surface area contributed by atoms with Crippen molar-refractivity contribution in [3.8, 4) is 17.2 Å². The fraction of sp³-hybridized carbons (Fsp3) is 0.176. The van der Waals surface area contributed by atoms with E-state index in [1.54, 1.807) is 14.2 Å². The molecular weight excluding hydrogens is 346 g/mol. The van der Waals surface area contributed by atoms with E-state index in [-0.39, 0.29) is 0 Å². The molecule has 7 heteroatoms. The molecule has 0 radical (unpaired) electrons. The molecule has 0 saturated heterocycles. The van der Waals surface area contributed by atoms with Gasteiger partial charge < -0.3 is 9.47 Å². The molecule has 0 unspecified atom stereocenters. The first kappa shape index (κ1) is 16.5. The fourth-order valence-electron chi connectivity index (χ4n) is 2.48. The van der Waals surface area contributed by atoms with E-state index in [9.17, 15) is 0 Å². The van der Waals surface area contributed by atoms with Gasteiger partial charge in [-0.2, -0.15) is 5.10 Å². The van der Waals surface area contributed by atoms with Crippen molar-refractivity contribution < 1.29 is 9.47 Å². The van der Waals surface area contributed by atoms with Crippen LogP contribution in [0.1, 0.15) is 11.4 Å². The lowest BCUT2D eigenvalue weighted by atomic mass is 10.1. The van der Waals surface area contributed by atoms with Crippen molar-refractivity contribution in [3.05, 3.63) is 63.6 Å². The van der Waals surface area contributed by atoms with Gasteiger partial charge in [0, 0.05) is 17.1 Å². The molecule has 0 saturated carbocycles. The third kappa shape index (κ3) is 3.29. The summed E-state index contributed by atoms with van der Waals surface area (Å²) in [5.74, 6) is 2.18. The van der Waals surface area contributed by atoms with Crippen LogP contribution in [-0.2, 0) is 6.42 Å². The van der Waals surface area contributed by atoms with Gasteiger partial charge in [-0.15, -0.1) is 0 Å². The number of aromatic amines is 1. The number of H-pyrrole nitrogens is 1. The summed E-state index contributed by atoms with van der Waals surface area (Å²) in [7, 11) is 3.23. The van der Waals surface area contributed by atoms with Crippen molar-refractivity contribution >= 4 is 23.8 Å². The Morgan fingerprint density at radius 1 is 1.08 bits per heavy atom. The average molecular weight is 362 g/mol. The standard InChI is InChI=1S/C17H16ClN3O2S/c1-22-14-8-3-11(9-15(14)23-2)10-16-19-20-17(24)21(16)13-6-4-12(18)5-7-13/h3-9H,10H2,1-2H3,(H,20,24). The van der Waals surface area contributed by atoms with E-state index in [0.717, 1.165) is 17.1 Å². The lowest BCUT2D eigenvalue weighted by Crippen LogP contribution is -2.03. The van der Waals surface area contributed by atoms with E-state index in [1.165, 1.54) is 0 Å². The van der Waals surface area contributed by atoms with Crippen molar-refractivity contribution in [2.24, 2.45) is 0 Å². The normalized spacial score (nSPS) is 10.6. The number of hydrogen-bond acceptors (Lipinski definition) is 4. The molecule has 0 aliphatic heterocycles. The highest BCUT2D eigenvalue weighted by molar-refractivity contribution is 7.71. The summed E-state index contributed by atoms with van der Waals surface area (Å²) in [6.45, 7) is 0. The Morgan fingerprint density at radius 3 is 2.46 bits per heavy atom. The zero-order valence-electron chi connectivity index (χ0n) is 13.2. The highest BCUT2D eigenvalue weighted by atomic mass is 35.5. The van der Waals surface area contributed by atoms with Crippen LogP contribution < -0.4 is 9.47 Å². The molecule has 5 nitrogen and oxygen atoms in total. The molecular formula is C17H16ClN3O2S. The first-order chi connectivity index (χ1) is 11.6. The van der Waals surface area contributed by atoms with E-state index < -0.39 is 0 Å². The maximum atomic E-state index is 5.96. The molecule has 2 aromatic carbocycles. The second-order valence-electron chi connectivity index (χ2n) is 5.12. The molecule has 1 aromatic heterocycles. The Kier molecular flexibility index (Phi) is 4.87. The number of methoxy groups -OCH3 is 2. The molecule has 3 aromatic rings. The van der Waals surface area contributed by atoms with Gasteiger partial charge in [0.15, 0.2) is 16.3 Å². The zero-order valence-corrected chi connectivity index (χ0v) is 14.8. The lowest BCUT2D eigenvalue weighted by Gasteiger charge is -2.10. The van der Waals surface area contributed by atoms with Gasteiger partial charge >= 0.3 is 0 Å².